The zero-order valence-corrected chi connectivity index (χ0v) is 11.9. The van der Waals surface area contributed by atoms with Crippen molar-refractivity contribution in [2.75, 3.05) is 0 Å². The number of benzene rings is 1. The van der Waals surface area contributed by atoms with E-state index >= 15 is 0 Å². The molecule has 0 fully saturated rings. The summed E-state index contributed by atoms with van der Waals surface area (Å²) >= 11 is 6.16. The third-order valence-electron chi connectivity index (χ3n) is 3.29. The largest absolute Gasteiger partial charge is 0.453 e. The monoisotopic (exact) mass is 288 g/mol. The lowest BCUT2D eigenvalue weighted by molar-refractivity contribution is 0.0966. The Kier molecular flexibility index (Phi) is 3.10. The Labute approximate surface area is 120 Å². The van der Waals surface area contributed by atoms with Crippen LogP contribution in [0.15, 0.2) is 34.7 Å². The molecule has 102 valence electrons. The molecule has 2 heterocycles. The zero-order chi connectivity index (χ0) is 14.3. The van der Waals surface area contributed by atoms with Gasteiger partial charge in [0.05, 0.1) is 22.8 Å². The highest BCUT2D eigenvalue weighted by Gasteiger charge is 2.18. The van der Waals surface area contributed by atoms with Crippen molar-refractivity contribution in [3.8, 4) is 0 Å². The number of carbonyl (C=O) groups is 1. The molecule has 0 atom stereocenters. The molecule has 0 saturated carbocycles. The molecule has 0 saturated heterocycles. The molecule has 3 rings (SSSR count). The van der Waals surface area contributed by atoms with Crippen LogP contribution in [0.3, 0.4) is 0 Å². The number of nitrogens with zero attached hydrogens (tertiary/aromatic N) is 2. The molecule has 1 aromatic carbocycles. The number of hydrogen-bond acceptors (Lipinski definition) is 3. The lowest BCUT2D eigenvalue weighted by Gasteiger charge is -2.00. The van der Waals surface area contributed by atoms with Crippen LogP contribution in [-0.2, 0) is 13.5 Å². The maximum absolute atomic E-state index is 12.3. The van der Waals surface area contributed by atoms with Crippen LogP contribution in [0.4, 0.5) is 0 Å². The number of Topliss-reactive ketones (excluding diaryl/α,β-unsaturated/α-hetero) is 1. The van der Waals surface area contributed by atoms with Gasteiger partial charge in [0.1, 0.15) is 5.58 Å². The first-order valence-electron chi connectivity index (χ1n) is 6.26. The number of carbonyl (C=O) groups excluding carboxylic acids is 1. The van der Waals surface area contributed by atoms with Crippen LogP contribution >= 0.6 is 11.6 Å². The Balaban J connectivity index is 1.93. The number of ketones is 1. The van der Waals surface area contributed by atoms with E-state index in [1.807, 2.05) is 31.2 Å². The summed E-state index contributed by atoms with van der Waals surface area (Å²) in [5.41, 5.74) is 2.14. The van der Waals surface area contributed by atoms with Crippen LogP contribution in [0.5, 0.6) is 0 Å². The topological polar surface area (TPSA) is 48.0 Å². The highest BCUT2D eigenvalue weighted by molar-refractivity contribution is 6.32. The Morgan fingerprint density at radius 3 is 2.80 bits per heavy atom. The standard InChI is InChI=1S/C15H13ClN2O2/c1-9-15(16)11(18(2)17-9)8-12(19)14-7-10-5-3-4-6-13(10)20-14/h3-7H,8H2,1-2H3. The van der Waals surface area contributed by atoms with Gasteiger partial charge in [0, 0.05) is 12.4 Å². The third-order valence-corrected chi connectivity index (χ3v) is 3.78. The lowest BCUT2D eigenvalue weighted by atomic mass is 10.1. The molecule has 0 radical (unpaired) electrons. The SMILES string of the molecule is Cc1nn(C)c(CC(=O)c2cc3ccccc3o2)c1Cl. The second-order valence-corrected chi connectivity index (χ2v) is 5.10. The molecule has 0 N–H and O–H groups in total. The van der Waals surface area contributed by atoms with Crippen LogP contribution < -0.4 is 0 Å². The van der Waals surface area contributed by atoms with Crippen molar-refractivity contribution < 1.29 is 9.21 Å². The average molecular weight is 289 g/mol. The maximum atomic E-state index is 12.3. The van der Waals surface area contributed by atoms with Crippen molar-refractivity contribution in [2.45, 2.75) is 13.3 Å². The quantitative estimate of drug-likeness (QED) is 0.692. The van der Waals surface area contributed by atoms with E-state index in [4.69, 9.17) is 16.0 Å². The van der Waals surface area contributed by atoms with E-state index in [2.05, 4.69) is 5.10 Å². The third kappa shape index (κ3) is 2.12. The maximum Gasteiger partial charge on any atom is 0.204 e. The molecule has 4 nitrogen and oxygen atoms in total. The molecule has 0 bridgehead atoms. The van der Waals surface area contributed by atoms with Crippen molar-refractivity contribution in [2.24, 2.45) is 7.05 Å². The molecular weight excluding hydrogens is 276 g/mol. The fourth-order valence-corrected chi connectivity index (χ4v) is 2.46. The van der Waals surface area contributed by atoms with Crippen LogP contribution in [0.2, 0.25) is 5.02 Å². The van der Waals surface area contributed by atoms with Crippen LogP contribution in [0.25, 0.3) is 11.0 Å². The van der Waals surface area contributed by atoms with Gasteiger partial charge >= 0.3 is 0 Å². The van der Waals surface area contributed by atoms with Gasteiger partial charge in [-0.1, -0.05) is 29.8 Å². The van der Waals surface area contributed by atoms with Crippen molar-refractivity contribution >= 4 is 28.4 Å². The van der Waals surface area contributed by atoms with Gasteiger partial charge in [0.15, 0.2) is 5.76 Å². The smallest absolute Gasteiger partial charge is 0.204 e. The summed E-state index contributed by atoms with van der Waals surface area (Å²) in [7, 11) is 1.78. The molecule has 5 heteroatoms. The number of rotatable bonds is 3. The molecule has 0 aliphatic carbocycles. The van der Waals surface area contributed by atoms with E-state index in [0.29, 0.717) is 22.1 Å². The minimum absolute atomic E-state index is 0.105. The minimum Gasteiger partial charge on any atom is -0.453 e. The number of hydrogen-bond donors (Lipinski definition) is 0. The molecule has 3 aromatic rings. The normalized spacial score (nSPS) is 11.2. The number of furan rings is 1. The van der Waals surface area contributed by atoms with Gasteiger partial charge < -0.3 is 4.42 Å². The summed E-state index contributed by atoms with van der Waals surface area (Å²) in [5, 5.41) is 5.66. The van der Waals surface area contributed by atoms with Gasteiger partial charge in [-0.05, 0) is 19.1 Å². The fourth-order valence-electron chi connectivity index (χ4n) is 2.23. The van der Waals surface area contributed by atoms with E-state index in [-0.39, 0.29) is 12.2 Å². The van der Waals surface area contributed by atoms with E-state index in [0.717, 1.165) is 11.1 Å². The summed E-state index contributed by atoms with van der Waals surface area (Å²) < 4.78 is 7.20. The number of fused-ring (bicyclic) bond motifs is 1. The van der Waals surface area contributed by atoms with E-state index < -0.39 is 0 Å². The average Bonchev–Trinajstić information content (AvgIpc) is 2.95. The lowest BCUT2D eigenvalue weighted by Crippen LogP contribution is -2.07. The Hall–Kier alpha value is -2.07. The van der Waals surface area contributed by atoms with Crippen LogP contribution in [-0.4, -0.2) is 15.6 Å². The summed E-state index contributed by atoms with van der Waals surface area (Å²) in [4.78, 5) is 12.3. The Morgan fingerprint density at radius 2 is 2.15 bits per heavy atom. The van der Waals surface area contributed by atoms with E-state index in [9.17, 15) is 4.79 Å². The summed E-state index contributed by atoms with van der Waals surface area (Å²) in [5.74, 6) is 0.243. The minimum atomic E-state index is -0.105. The van der Waals surface area contributed by atoms with Gasteiger partial charge in [-0.25, -0.2) is 0 Å². The summed E-state index contributed by atoms with van der Waals surface area (Å²) in [6.07, 6.45) is 0.177. The van der Waals surface area contributed by atoms with Gasteiger partial charge in [-0.3, -0.25) is 9.48 Å². The van der Waals surface area contributed by atoms with E-state index in [1.54, 1.807) is 17.8 Å². The predicted molar refractivity (Wildman–Crippen MR) is 77.2 cm³/mol. The molecule has 0 aliphatic rings. The molecule has 0 unspecified atom stereocenters. The van der Waals surface area contributed by atoms with Crippen molar-refractivity contribution in [1.82, 2.24) is 9.78 Å². The molecule has 0 spiro atoms. The van der Waals surface area contributed by atoms with Crippen molar-refractivity contribution in [1.29, 1.82) is 0 Å². The second-order valence-electron chi connectivity index (χ2n) is 4.72. The molecule has 0 aliphatic heterocycles. The molecule has 20 heavy (non-hydrogen) atoms. The van der Waals surface area contributed by atoms with Gasteiger partial charge in [0.2, 0.25) is 5.78 Å². The second kappa shape index (κ2) is 4.80. The van der Waals surface area contributed by atoms with Gasteiger partial charge in [0.25, 0.3) is 0 Å². The highest BCUT2D eigenvalue weighted by atomic mass is 35.5. The van der Waals surface area contributed by atoms with E-state index in [1.165, 1.54) is 0 Å². The summed E-state index contributed by atoms with van der Waals surface area (Å²) in [6, 6.07) is 9.30. The van der Waals surface area contributed by atoms with Crippen molar-refractivity contribution in [3.05, 3.63) is 52.5 Å². The number of aromatic nitrogens is 2. The zero-order valence-electron chi connectivity index (χ0n) is 11.2. The van der Waals surface area contributed by atoms with Crippen molar-refractivity contribution in [3.63, 3.8) is 0 Å². The molecule has 0 amide bonds. The fraction of sp³-hybridized carbons (Fsp3) is 0.200. The molecule has 2 aromatic heterocycles. The first-order chi connectivity index (χ1) is 9.56. The summed E-state index contributed by atoms with van der Waals surface area (Å²) in [6.45, 7) is 1.82. The number of aryl methyl sites for hydroxylation is 2. The highest BCUT2D eigenvalue weighted by Crippen LogP contribution is 2.23. The Morgan fingerprint density at radius 1 is 1.40 bits per heavy atom. The Bertz CT molecular complexity index is 768. The first kappa shape index (κ1) is 12.9. The number of halogens is 1. The molecular formula is C15H13ClN2O2. The van der Waals surface area contributed by atoms with Crippen LogP contribution in [0.1, 0.15) is 21.9 Å². The predicted octanol–water partition coefficient (Wildman–Crippen LogP) is 3.55. The van der Waals surface area contributed by atoms with Gasteiger partial charge in [-0.15, -0.1) is 0 Å². The van der Waals surface area contributed by atoms with Crippen LogP contribution in [0, 0.1) is 6.92 Å². The first-order valence-corrected chi connectivity index (χ1v) is 6.64. The number of para-hydroxylation sites is 1. The van der Waals surface area contributed by atoms with Gasteiger partial charge in [-0.2, -0.15) is 5.10 Å².